The summed E-state index contributed by atoms with van der Waals surface area (Å²) in [5.74, 6) is 0.216. The van der Waals surface area contributed by atoms with Gasteiger partial charge in [-0.1, -0.05) is 18.6 Å². The molecule has 5 nitrogen and oxygen atoms in total. The normalized spacial score (nSPS) is 18.9. The molecule has 1 aliphatic rings. The van der Waals surface area contributed by atoms with Crippen molar-refractivity contribution in [3.63, 3.8) is 0 Å². The number of aromatic amines is 1. The predicted molar refractivity (Wildman–Crippen MR) is 117 cm³/mol. The zero-order valence-corrected chi connectivity index (χ0v) is 18.1. The van der Waals surface area contributed by atoms with Crippen molar-refractivity contribution >= 4 is 18.3 Å². The molecule has 0 bridgehead atoms. The SMILES string of the molecule is C[C@H]1C[C@@H](C(=O)N(C)CCCCCc2cc(-c3cccc(F)c3)n[nH]2)CCN1.Cl. The molecule has 1 aromatic heterocycles. The summed E-state index contributed by atoms with van der Waals surface area (Å²) in [6, 6.07) is 8.91. The minimum absolute atomic E-state index is 0. The standard InChI is InChI=1S/C22H31FN4O.ClH/c1-16-13-18(10-11-24-16)22(28)27(2)12-5-3-4-9-20-15-21(26-25-20)17-7-6-8-19(23)14-17;/h6-8,14-16,18,24H,3-5,9-13H2,1-2H3,(H,25,26);1H/t16-,18-;/m0./s1. The van der Waals surface area contributed by atoms with Gasteiger partial charge in [-0.25, -0.2) is 4.39 Å². The van der Waals surface area contributed by atoms with Crippen LogP contribution in [0.4, 0.5) is 4.39 Å². The van der Waals surface area contributed by atoms with Gasteiger partial charge in [0.15, 0.2) is 0 Å². The number of unbranched alkanes of at least 4 members (excludes halogenated alkanes) is 2. The summed E-state index contributed by atoms with van der Waals surface area (Å²) in [5.41, 5.74) is 2.62. The van der Waals surface area contributed by atoms with Crippen molar-refractivity contribution < 1.29 is 9.18 Å². The Hall–Kier alpha value is -1.92. The van der Waals surface area contributed by atoms with Crippen molar-refractivity contribution in [2.24, 2.45) is 5.92 Å². The van der Waals surface area contributed by atoms with E-state index < -0.39 is 0 Å². The Morgan fingerprint density at radius 2 is 2.10 bits per heavy atom. The van der Waals surface area contributed by atoms with Crippen molar-refractivity contribution in [1.29, 1.82) is 0 Å². The third kappa shape index (κ3) is 6.82. The Morgan fingerprint density at radius 1 is 1.28 bits per heavy atom. The Morgan fingerprint density at radius 3 is 2.86 bits per heavy atom. The first kappa shape index (κ1) is 23.4. The van der Waals surface area contributed by atoms with Crippen LogP contribution in [0, 0.1) is 11.7 Å². The highest BCUT2D eigenvalue weighted by atomic mass is 35.5. The van der Waals surface area contributed by atoms with E-state index in [1.165, 1.54) is 12.1 Å². The van der Waals surface area contributed by atoms with Gasteiger partial charge >= 0.3 is 0 Å². The van der Waals surface area contributed by atoms with E-state index in [1.807, 2.05) is 24.1 Å². The van der Waals surface area contributed by atoms with Gasteiger partial charge in [-0.05, 0) is 63.8 Å². The molecule has 1 aromatic carbocycles. The Balaban J connectivity index is 0.00000300. The second-order valence-electron chi connectivity index (χ2n) is 7.94. The molecule has 3 rings (SSSR count). The van der Waals surface area contributed by atoms with Crippen LogP contribution in [0.3, 0.4) is 0 Å². The largest absolute Gasteiger partial charge is 0.346 e. The molecule has 0 saturated carbocycles. The van der Waals surface area contributed by atoms with Crippen molar-refractivity contribution in [2.75, 3.05) is 20.1 Å². The van der Waals surface area contributed by atoms with Crippen molar-refractivity contribution in [1.82, 2.24) is 20.4 Å². The minimum atomic E-state index is -0.250. The first-order valence-corrected chi connectivity index (χ1v) is 10.3. The third-order valence-corrected chi connectivity index (χ3v) is 5.54. The number of amides is 1. The molecule has 160 valence electrons. The Kier molecular flexibility index (Phi) is 9.11. The minimum Gasteiger partial charge on any atom is -0.346 e. The quantitative estimate of drug-likeness (QED) is 0.627. The monoisotopic (exact) mass is 422 g/mol. The highest BCUT2D eigenvalue weighted by Crippen LogP contribution is 2.20. The maximum Gasteiger partial charge on any atom is 0.225 e. The first-order chi connectivity index (χ1) is 13.5. The number of nitrogens with one attached hydrogen (secondary N) is 2. The molecule has 1 fully saturated rings. The van der Waals surface area contributed by atoms with Crippen LogP contribution in [-0.2, 0) is 11.2 Å². The number of H-pyrrole nitrogens is 1. The maximum absolute atomic E-state index is 13.3. The van der Waals surface area contributed by atoms with Crippen LogP contribution in [-0.4, -0.2) is 47.2 Å². The molecule has 29 heavy (non-hydrogen) atoms. The molecule has 7 heteroatoms. The lowest BCUT2D eigenvalue weighted by atomic mass is 9.92. The van der Waals surface area contributed by atoms with Crippen LogP contribution in [0.15, 0.2) is 30.3 Å². The molecule has 2 atom stereocenters. The van der Waals surface area contributed by atoms with Crippen molar-refractivity contribution in [3.8, 4) is 11.3 Å². The molecule has 0 aliphatic carbocycles. The van der Waals surface area contributed by atoms with E-state index in [-0.39, 0.29) is 24.1 Å². The highest BCUT2D eigenvalue weighted by Gasteiger charge is 2.26. The van der Waals surface area contributed by atoms with Crippen molar-refractivity contribution in [2.45, 2.75) is 51.5 Å². The van der Waals surface area contributed by atoms with Crippen LogP contribution in [0.25, 0.3) is 11.3 Å². The smallest absolute Gasteiger partial charge is 0.225 e. The Bertz CT molecular complexity index is 782. The van der Waals surface area contributed by atoms with E-state index >= 15 is 0 Å². The zero-order valence-electron chi connectivity index (χ0n) is 17.3. The molecule has 0 unspecified atom stereocenters. The van der Waals surface area contributed by atoms with Gasteiger partial charge in [0.1, 0.15) is 5.82 Å². The lowest BCUT2D eigenvalue weighted by Gasteiger charge is -2.30. The lowest BCUT2D eigenvalue weighted by Crippen LogP contribution is -2.43. The number of hydrogen-bond acceptors (Lipinski definition) is 3. The number of piperidine rings is 1. The Labute approximate surface area is 178 Å². The van der Waals surface area contributed by atoms with E-state index in [0.717, 1.165) is 68.6 Å². The number of nitrogens with zero attached hydrogens (tertiary/aromatic N) is 2. The molecule has 0 spiro atoms. The fourth-order valence-electron chi connectivity index (χ4n) is 3.90. The van der Waals surface area contributed by atoms with Gasteiger partial charge in [0.2, 0.25) is 5.91 Å². The van der Waals surface area contributed by atoms with Gasteiger partial charge < -0.3 is 10.2 Å². The van der Waals surface area contributed by atoms with Crippen LogP contribution in [0.1, 0.15) is 44.7 Å². The summed E-state index contributed by atoms with van der Waals surface area (Å²) in [4.78, 5) is 14.5. The van der Waals surface area contributed by atoms with Gasteiger partial charge in [0.05, 0.1) is 5.69 Å². The molecule has 2 heterocycles. The molecular weight excluding hydrogens is 391 g/mol. The number of halogens is 2. The molecule has 0 radical (unpaired) electrons. The zero-order chi connectivity index (χ0) is 19.9. The maximum atomic E-state index is 13.3. The van der Waals surface area contributed by atoms with Gasteiger partial charge in [-0.15, -0.1) is 12.4 Å². The van der Waals surface area contributed by atoms with Crippen LogP contribution in [0.2, 0.25) is 0 Å². The number of aryl methyl sites for hydroxylation is 1. The number of aromatic nitrogens is 2. The second kappa shape index (κ2) is 11.3. The van der Waals surface area contributed by atoms with Gasteiger partial charge in [-0.3, -0.25) is 9.89 Å². The van der Waals surface area contributed by atoms with Gasteiger partial charge in [-0.2, -0.15) is 5.10 Å². The number of rotatable bonds is 8. The van der Waals surface area contributed by atoms with Crippen LogP contribution >= 0.6 is 12.4 Å². The fraction of sp³-hybridized carbons (Fsp3) is 0.545. The van der Waals surface area contributed by atoms with Crippen LogP contribution < -0.4 is 5.32 Å². The molecule has 1 aliphatic heterocycles. The molecule has 1 amide bonds. The number of benzene rings is 1. The third-order valence-electron chi connectivity index (χ3n) is 5.54. The molecule has 2 aromatic rings. The van der Waals surface area contributed by atoms with E-state index in [1.54, 1.807) is 6.07 Å². The lowest BCUT2D eigenvalue weighted by molar-refractivity contribution is -0.135. The first-order valence-electron chi connectivity index (χ1n) is 10.3. The summed E-state index contributed by atoms with van der Waals surface area (Å²) in [6.07, 6.45) is 5.91. The predicted octanol–water partition coefficient (Wildman–Crippen LogP) is 4.20. The second-order valence-corrected chi connectivity index (χ2v) is 7.94. The number of hydrogen-bond donors (Lipinski definition) is 2. The summed E-state index contributed by atoms with van der Waals surface area (Å²) in [5, 5.41) is 10.7. The molecule has 1 saturated heterocycles. The fourth-order valence-corrected chi connectivity index (χ4v) is 3.90. The highest BCUT2D eigenvalue weighted by molar-refractivity contribution is 5.85. The summed E-state index contributed by atoms with van der Waals surface area (Å²) in [6.45, 7) is 3.90. The van der Waals surface area contributed by atoms with E-state index in [9.17, 15) is 9.18 Å². The van der Waals surface area contributed by atoms with Crippen molar-refractivity contribution in [3.05, 3.63) is 41.8 Å². The summed E-state index contributed by atoms with van der Waals surface area (Å²) in [7, 11) is 1.93. The summed E-state index contributed by atoms with van der Waals surface area (Å²) >= 11 is 0. The van der Waals surface area contributed by atoms with Gasteiger partial charge in [0, 0.05) is 36.8 Å². The number of carbonyl (C=O) groups excluding carboxylic acids is 1. The topological polar surface area (TPSA) is 61.0 Å². The van der Waals surface area contributed by atoms with E-state index in [0.29, 0.717) is 11.9 Å². The average molecular weight is 423 g/mol. The molecule has 2 N–H and O–H groups in total. The van der Waals surface area contributed by atoms with Crippen LogP contribution in [0.5, 0.6) is 0 Å². The average Bonchev–Trinajstić information content (AvgIpc) is 3.16. The van der Waals surface area contributed by atoms with E-state index in [4.69, 9.17) is 0 Å². The van der Waals surface area contributed by atoms with E-state index in [2.05, 4.69) is 22.4 Å². The molecular formula is C22H32ClFN4O. The van der Waals surface area contributed by atoms with Gasteiger partial charge in [0.25, 0.3) is 0 Å². The summed E-state index contributed by atoms with van der Waals surface area (Å²) < 4.78 is 13.3. The number of carbonyl (C=O) groups is 1.